The molecule has 0 aliphatic rings. The van der Waals surface area contributed by atoms with Crippen LogP contribution in [0.25, 0.3) is 11.3 Å². The topological polar surface area (TPSA) is 116 Å². The number of benzene rings is 2. The maximum absolute atomic E-state index is 13.3. The van der Waals surface area contributed by atoms with Crippen molar-refractivity contribution in [3.63, 3.8) is 0 Å². The number of H-pyrrole nitrogens is 1. The third-order valence-corrected chi connectivity index (χ3v) is 4.74. The molecule has 0 aliphatic heterocycles. The number of carbonyl (C=O) groups excluding carboxylic acids is 1. The number of hydrogen-bond acceptors (Lipinski definition) is 4. The lowest BCUT2D eigenvalue weighted by Crippen LogP contribution is -2.36. The number of ether oxygens (including phenoxy) is 1. The summed E-state index contributed by atoms with van der Waals surface area (Å²) in [6.07, 6.45) is -1.49. The summed E-state index contributed by atoms with van der Waals surface area (Å²) in [5.74, 6) is 0.0255. The average Bonchev–Trinajstić information content (AvgIpc) is 3.09. The summed E-state index contributed by atoms with van der Waals surface area (Å²) in [4.78, 5) is 30.8. The van der Waals surface area contributed by atoms with E-state index >= 15 is 0 Å². The lowest BCUT2D eigenvalue weighted by Gasteiger charge is -2.23. The lowest BCUT2D eigenvalue weighted by atomic mass is 10.1. The third kappa shape index (κ3) is 6.95. The summed E-state index contributed by atoms with van der Waals surface area (Å²) in [5.41, 5.74) is 1.57. The van der Waals surface area contributed by atoms with Crippen LogP contribution in [0.1, 0.15) is 38.2 Å². The second-order valence-electron chi connectivity index (χ2n) is 8.32. The Balaban J connectivity index is 1.88. The normalized spacial score (nSPS) is 12.2. The number of aromatic amines is 1. The number of carbonyl (C=O) groups is 2. The second-order valence-corrected chi connectivity index (χ2v) is 8.70. The predicted molar refractivity (Wildman–Crippen MR) is 123 cm³/mol. The number of anilines is 1. The van der Waals surface area contributed by atoms with E-state index in [2.05, 4.69) is 20.6 Å². The number of nitrogens with zero attached hydrogens (tertiary/aromatic N) is 1. The van der Waals surface area contributed by atoms with E-state index in [1.165, 1.54) is 12.1 Å². The Bertz CT molecular complexity index is 1120. The standard InChI is InChI=1S/C23H24ClFN4O4/c1-23(2,3)33-22(32)27-17(12-13-4-8-15(25)9-5-13)20-28-18(19(24)29-20)14-6-10-16(11-7-14)26-21(30)31/h4-11,17,26H,12H2,1-3H3,(H,27,32)(H,28,29)(H,30,31)/t17-/m0/s1. The molecule has 0 spiro atoms. The van der Waals surface area contributed by atoms with Crippen LogP contribution in [-0.4, -0.2) is 32.9 Å². The van der Waals surface area contributed by atoms with Gasteiger partial charge in [-0.25, -0.2) is 19.0 Å². The SMILES string of the molecule is CC(C)(C)OC(=O)N[C@@H](Cc1ccc(F)cc1)c1nc(-c2ccc(NC(=O)O)cc2)c(Cl)[nH]1. The highest BCUT2D eigenvalue weighted by molar-refractivity contribution is 6.31. The Morgan fingerprint density at radius 2 is 1.79 bits per heavy atom. The van der Waals surface area contributed by atoms with Gasteiger partial charge in [0.15, 0.2) is 0 Å². The molecule has 0 aliphatic carbocycles. The first-order valence-corrected chi connectivity index (χ1v) is 10.5. The number of nitrogens with one attached hydrogen (secondary N) is 3. The van der Waals surface area contributed by atoms with Gasteiger partial charge in [-0.2, -0.15) is 0 Å². The first-order chi connectivity index (χ1) is 15.5. The number of aromatic nitrogens is 2. The van der Waals surface area contributed by atoms with Crippen LogP contribution >= 0.6 is 11.6 Å². The van der Waals surface area contributed by atoms with Crippen LogP contribution in [0.5, 0.6) is 0 Å². The maximum atomic E-state index is 13.3. The third-order valence-electron chi connectivity index (χ3n) is 4.46. The highest BCUT2D eigenvalue weighted by Gasteiger charge is 2.24. The molecule has 33 heavy (non-hydrogen) atoms. The smallest absolute Gasteiger partial charge is 0.409 e. The lowest BCUT2D eigenvalue weighted by molar-refractivity contribution is 0.0501. The zero-order valence-electron chi connectivity index (χ0n) is 18.3. The summed E-state index contributed by atoms with van der Waals surface area (Å²) >= 11 is 6.39. The summed E-state index contributed by atoms with van der Waals surface area (Å²) in [7, 11) is 0. The van der Waals surface area contributed by atoms with Gasteiger partial charge in [0.2, 0.25) is 0 Å². The van der Waals surface area contributed by atoms with Gasteiger partial charge in [-0.15, -0.1) is 0 Å². The monoisotopic (exact) mass is 474 g/mol. The van der Waals surface area contributed by atoms with E-state index in [9.17, 15) is 14.0 Å². The van der Waals surface area contributed by atoms with Crippen LogP contribution in [0.15, 0.2) is 48.5 Å². The van der Waals surface area contributed by atoms with Crippen LogP contribution < -0.4 is 10.6 Å². The minimum absolute atomic E-state index is 0.249. The first-order valence-electron chi connectivity index (χ1n) is 10.1. The summed E-state index contributed by atoms with van der Waals surface area (Å²) in [6.45, 7) is 5.27. The molecule has 3 aromatic rings. The van der Waals surface area contributed by atoms with Crippen LogP contribution in [-0.2, 0) is 11.2 Å². The molecule has 0 radical (unpaired) electrons. The Labute approximate surface area is 195 Å². The van der Waals surface area contributed by atoms with E-state index in [0.29, 0.717) is 29.2 Å². The predicted octanol–water partition coefficient (Wildman–Crippen LogP) is 5.77. The fourth-order valence-corrected chi connectivity index (χ4v) is 3.33. The van der Waals surface area contributed by atoms with Crippen LogP contribution in [0.2, 0.25) is 5.15 Å². The Hall–Kier alpha value is -3.59. The minimum atomic E-state index is -1.17. The molecule has 1 atom stereocenters. The van der Waals surface area contributed by atoms with Crippen molar-refractivity contribution in [1.29, 1.82) is 0 Å². The molecule has 8 nitrogen and oxygen atoms in total. The van der Waals surface area contributed by atoms with Crippen molar-refractivity contribution >= 4 is 29.5 Å². The molecule has 0 fully saturated rings. The number of amides is 2. The molecule has 10 heteroatoms. The Morgan fingerprint density at radius 1 is 1.15 bits per heavy atom. The molecule has 2 amide bonds. The van der Waals surface area contributed by atoms with Gasteiger partial charge < -0.3 is 20.1 Å². The number of alkyl carbamates (subject to hydrolysis) is 1. The van der Waals surface area contributed by atoms with Crippen LogP contribution in [0, 0.1) is 5.82 Å². The number of hydrogen-bond donors (Lipinski definition) is 4. The first kappa shape index (κ1) is 24.1. The number of rotatable bonds is 6. The van der Waals surface area contributed by atoms with Gasteiger partial charge in [0, 0.05) is 17.7 Å². The second kappa shape index (κ2) is 9.91. The summed E-state index contributed by atoms with van der Waals surface area (Å²) < 4.78 is 18.7. The van der Waals surface area contributed by atoms with Gasteiger partial charge >= 0.3 is 12.2 Å². The molecule has 0 unspecified atom stereocenters. The van der Waals surface area contributed by atoms with Gasteiger partial charge in [-0.05, 0) is 50.6 Å². The number of imidazole rings is 1. The molecular formula is C23H24ClFN4O4. The van der Waals surface area contributed by atoms with Crippen LogP contribution in [0.3, 0.4) is 0 Å². The van der Waals surface area contributed by atoms with Crippen molar-refractivity contribution in [2.45, 2.75) is 38.8 Å². The van der Waals surface area contributed by atoms with Gasteiger partial charge in [-0.1, -0.05) is 35.9 Å². The molecule has 1 aromatic heterocycles. The molecule has 4 N–H and O–H groups in total. The highest BCUT2D eigenvalue weighted by Crippen LogP contribution is 2.29. The fourth-order valence-electron chi connectivity index (χ4n) is 3.08. The largest absolute Gasteiger partial charge is 0.465 e. The molecule has 174 valence electrons. The van der Waals surface area contributed by atoms with E-state index < -0.39 is 23.8 Å². The van der Waals surface area contributed by atoms with Crippen molar-refractivity contribution in [2.24, 2.45) is 0 Å². The van der Waals surface area contributed by atoms with Gasteiger partial charge in [0.05, 0.1) is 6.04 Å². The number of halogens is 2. The van der Waals surface area contributed by atoms with E-state index in [0.717, 1.165) is 5.56 Å². The minimum Gasteiger partial charge on any atom is -0.465 e. The zero-order chi connectivity index (χ0) is 24.2. The Kier molecular flexibility index (Phi) is 7.23. The van der Waals surface area contributed by atoms with Gasteiger partial charge in [0.25, 0.3) is 0 Å². The molecule has 1 heterocycles. The molecule has 2 aromatic carbocycles. The van der Waals surface area contributed by atoms with E-state index in [4.69, 9.17) is 21.4 Å². The van der Waals surface area contributed by atoms with Crippen molar-refractivity contribution in [1.82, 2.24) is 15.3 Å². The fraction of sp³-hybridized carbons (Fsp3) is 0.261. The molecule has 3 rings (SSSR count). The van der Waals surface area contributed by atoms with E-state index in [1.807, 2.05) is 0 Å². The van der Waals surface area contributed by atoms with Gasteiger partial charge in [0.1, 0.15) is 28.1 Å². The van der Waals surface area contributed by atoms with Crippen molar-refractivity contribution in [3.05, 3.63) is 70.9 Å². The number of carboxylic acid groups (broad SMARTS) is 1. The summed E-state index contributed by atoms with van der Waals surface area (Å²) in [6, 6.07) is 11.8. The van der Waals surface area contributed by atoms with E-state index in [1.54, 1.807) is 57.2 Å². The molecular weight excluding hydrogens is 451 g/mol. The average molecular weight is 475 g/mol. The van der Waals surface area contributed by atoms with E-state index in [-0.39, 0.29) is 11.0 Å². The molecule has 0 saturated heterocycles. The van der Waals surface area contributed by atoms with Crippen molar-refractivity contribution < 1.29 is 23.8 Å². The Morgan fingerprint density at radius 3 is 2.36 bits per heavy atom. The van der Waals surface area contributed by atoms with Crippen molar-refractivity contribution in [2.75, 3.05) is 5.32 Å². The maximum Gasteiger partial charge on any atom is 0.409 e. The quantitative estimate of drug-likeness (QED) is 0.362. The van der Waals surface area contributed by atoms with Gasteiger partial charge in [-0.3, -0.25) is 5.32 Å². The summed E-state index contributed by atoms with van der Waals surface area (Å²) in [5, 5.41) is 14.1. The molecule has 0 bridgehead atoms. The van der Waals surface area contributed by atoms with Crippen molar-refractivity contribution in [3.8, 4) is 11.3 Å². The highest BCUT2D eigenvalue weighted by atomic mass is 35.5. The molecule has 0 saturated carbocycles. The van der Waals surface area contributed by atoms with Crippen LogP contribution in [0.4, 0.5) is 19.7 Å². The zero-order valence-corrected chi connectivity index (χ0v) is 19.0.